The van der Waals surface area contributed by atoms with E-state index in [4.69, 9.17) is 17.3 Å². The van der Waals surface area contributed by atoms with Crippen molar-refractivity contribution < 1.29 is 0 Å². The lowest BCUT2D eigenvalue weighted by atomic mass is 10.5. The van der Waals surface area contributed by atoms with Crippen molar-refractivity contribution in [2.75, 3.05) is 0 Å². The number of aromatic nitrogens is 2. The molecular weight excluding hydrogens is 250 g/mol. The van der Waals surface area contributed by atoms with E-state index in [9.17, 15) is 0 Å². The molecule has 3 rings (SSSR count). The molecule has 1 aliphatic rings. The number of guanidine groups is 1. The van der Waals surface area contributed by atoms with Crippen LogP contribution in [-0.2, 0) is 6.54 Å². The highest BCUT2D eigenvalue weighted by molar-refractivity contribution is 6.30. The average molecular weight is 264 g/mol. The van der Waals surface area contributed by atoms with Gasteiger partial charge in [-0.15, -0.1) is 0 Å². The molecule has 2 aromatic rings. The Hall–Kier alpha value is -1.75. The molecule has 1 aliphatic carbocycles. The molecule has 94 valence electrons. The van der Waals surface area contributed by atoms with Crippen LogP contribution in [0, 0.1) is 0 Å². The first-order valence-corrected chi connectivity index (χ1v) is 6.28. The van der Waals surface area contributed by atoms with Gasteiger partial charge in [0.05, 0.1) is 17.3 Å². The van der Waals surface area contributed by atoms with Gasteiger partial charge in [0, 0.05) is 18.4 Å². The number of aliphatic imine (C=N–C) groups is 1. The van der Waals surface area contributed by atoms with Crippen LogP contribution in [0.5, 0.6) is 0 Å². The summed E-state index contributed by atoms with van der Waals surface area (Å²) in [4.78, 5) is 8.70. The Balaban J connectivity index is 1.73. The van der Waals surface area contributed by atoms with Crippen LogP contribution in [0.25, 0.3) is 5.65 Å². The molecule has 0 aromatic carbocycles. The molecule has 1 fully saturated rings. The Morgan fingerprint density at radius 1 is 1.50 bits per heavy atom. The third-order valence-electron chi connectivity index (χ3n) is 2.81. The Labute approximate surface area is 110 Å². The van der Waals surface area contributed by atoms with E-state index in [1.165, 1.54) is 12.8 Å². The SMILES string of the molecule is NC(=NCc1cn2cc(Cl)ccc2n1)NC1CC1. The van der Waals surface area contributed by atoms with Gasteiger partial charge in [0.15, 0.2) is 5.96 Å². The molecule has 0 bridgehead atoms. The van der Waals surface area contributed by atoms with E-state index in [2.05, 4.69) is 15.3 Å². The molecule has 1 saturated carbocycles. The third kappa shape index (κ3) is 2.56. The van der Waals surface area contributed by atoms with Gasteiger partial charge in [-0.05, 0) is 25.0 Å². The fourth-order valence-electron chi connectivity index (χ4n) is 1.74. The van der Waals surface area contributed by atoms with Gasteiger partial charge in [-0.1, -0.05) is 11.6 Å². The van der Waals surface area contributed by atoms with Crippen molar-refractivity contribution in [1.29, 1.82) is 0 Å². The maximum Gasteiger partial charge on any atom is 0.189 e. The number of rotatable bonds is 3. The molecule has 0 aliphatic heterocycles. The summed E-state index contributed by atoms with van der Waals surface area (Å²) in [5.74, 6) is 0.493. The summed E-state index contributed by atoms with van der Waals surface area (Å²) < 4.78 is 1.89. The Morgan fingerprint density at radius 3 is 3.11 bits per heavy atom. The molecule has 0 atom stereocenters. The summed E-state index contributed by atoms with van der Waals surface area (Å²) in [5.41, 5.74) is 7.50. The normalized spacial score (nSPS) is 16.2. The zero-order valence-corrected chi connectivity index (χ0v) is 10.6. The number of nitrogens with two attached hydrogens (primary N) is 1. The van der Waals surface area contributed by atoms with Gasteiger partial charge in [-0.2, -0.15) is 0 Å². The minimum atomic E-state index is 0.477. The number of hydrogen-bond acceptors (Lipinski definition) is 2. The maximum atomic E-state index is 5.91. The van der Waals surface area contributed by atoms with Crippen LogP contribution in [0.15, 0.2) is 29.5 Å². The zero-order valence-electron chi connectivity index (χ0n) is 9.81. The maximum absolute atomic E-state index is 5.91. The summed E-state index contributed by atoms with van der Waals surface area (Å²) in [7, 11) is 0. The van der Waals surface area contributed by atoms with Crippen LogP contribution in [-0.4, -0.2) is 21.4 Å². The fraction of sp³-hybridized carbons (Fsp3) is 0.333. The van der Waals surface area contributed by atoms with Crippen molar-refractivity contribution in [2.45, 2.75) is 25.4 Å². The number of nitrogens with one attached hydrogen (secondary N) is 1. The predicted octanol–water partition coefficient (Wildman–Crippen LogP) is 1.55. The van der Waals surface area contributed by atoms with Crippen molar-refractivity contribution in [3.05, 3.63) is 35.2 Å². The Morgan fingerprint density at radius 2 is 2.33 bits per heavy atom. The molecule has 18 heavy (non-hydrogen) atoms. The quantitative estimate of drug-likeness (QED) is 0.652. The second-order valence-corrected chi connectivity index (χ2v) is 4.90. The van der Waals surface area contributed by atoms with Crippen molar-refractivity contribution >= 4 is 23.2 Å². The molecule has 0 radical (unpaired) electrons. The number of nitrogens with zero attached hydrogens (tertiary/aromatic N) is 3. The second kappa shape index (κ2) is 4.49. The molecule has 0 amide bonds. The van der Waals surface area contributed by atoms with Gasteiger partial charge in [-0.3, -0.25) is 0 Å². The highest BCUT2D eigenvalue weighted by atomic mass is 35.5. The summed E-state index contributed by atoms with van der Waals surface area (Å²) in [6.45, 7) is 0.477. The molecule has 3 N–H and O–H groups in total. The smallest absolute Gasteiger partial charge is 0.189 e. The Bertz CT molecular complexity index is 600. The molecule has 0 spiro atoms. The van der Waals surface area contributed by atoms with Gasteiger partial charge < -0.3 is 15.5 Å². The fourth-order valence-corrected chi connectivity index (χ4v) is 1.91. The van der Waals surface area contributed by atoms with Crippen LogP contribution in [0.2, 0.25) is 5.02 Å². The predicted molar refractivity (Wildman–Crippen MR) is 71.7 cm³/mol. The van der Waals surface area contributed by atoms with E-state index < -0.39 is 0 Å². The Kier molecular flexibility index (Phi) is 2.83. The van der Waals surface area contributed by atoms with E-state index in [0.717, 1.165) is 11.3 Å². The van der Waals surface area contributed by atoms with Crippen molar-refractivity contribution in [1.82, 2.24) is 14.7 Å². The summed E-state index contributed by atoms with van der Waals surface area (Å²) in [6, 6.07) is 4.22. The van der Waals surface area contributed by atoms with Crippen LogP contribution in [0.3, 0.4) is 0 Å². The van der Waals surface area contributed by atoms with E-state index in [1.54, 1.807) is 0 Å². The highest BCUT2D eigenvalue weighted by Gasteiger charge is 2.21. The van der Waals surface area contributed by atoms with Gasteiger partial charge in [0.2, 0.25) is 0 Å². The lowest BCUT2D eigenvalue weighted by Crippen LogP contribution is -2.33. The lowest BCUT2D eigenvalue weighted by molar-refractivity contribution is 0.874. The topological polar surface area (TPSA) is 67.7 Å². The van der Waals surface area contributed by atoms with E-state index >= 15 is 0 Å². The number of hydrogen-bond donors (Lipinski definition) is 2. The molecule has 0 unspecified atom stereocenters. The number of imidazole rings is 1. The molecule has 6 heteroatoms. The summed E-state index contributed by atoms with van der Waals surface area (Å²) >= 11 is 5.91. The average Bonchev–Trinajstić information content (AvgIpc) is 3.04. The summed E-state index contributed by atoms with van der Waals surface area (Å²) in [6.07, 6.45) is 6.10. The van der Waals surface area contributed by atoms with E-state index in [0.29, 0.717) is 23.6 Å². The van der Waals surface area contributed by atoms with Crippen LogP contribution >= 0.6 is 11.6 Å². The molecule has 2 heterocycles. The molecular formula is C12H14ClN5. The molecule has 5 nitrogen and oxygen atoms in total. The van der Waals surface area contributed by atoms with Gasteiger partial charge >= 0.3 is 0 Å². The standard InChI is InChI=1S/C12H14ClN5/c13-8-1-4-11-16-10(7-18(11)6-8)5-15-12(14)17-9-2-3-9/h1,4,6-7,9H,2-3,5H2,(H3,14,15,17). The highest BCUT2D eigenvalue weighted by Crippen LogP contribution is 2.18. The largest absolute Gasteiger partial charge is 0.370 e. The van der Waals surface area contributed by atoms with Gasteiger partial charge in [-0.25, -0.2) is 9.98 Å². The van der Waals surface area contributed by atoms with Gasteiger partial charge in [0.25, 0.3) is 0 Å². The number of pyridine rings is 1. The van der Waals surface area contributed by atoms with Crippen molar-refractivity contribution in [3.63, 3.8) is 0 Å². The first kappa shape index (κ1) is 11.3. The van der Waals surface area contributed by atoms with Gasteiger partial charge in [0.1, 0.15) is 5.65 Å². The minimum Gasteiger partial charge on any atom is -0.370 e. The van der Waals surface area contributed by atoms with Crippen LogP contribution in [0.1, 0.15) is 18.5 Å². The van der Waals surface area contributed by atoms with Crippen LogP contribution < -0.4 is 11.1 Å². The third-order valence-corrected chi connectivity index (χ3v) is 3.03. The molecule has 2 aromatic heterocycles. The first-order chi connectivity index (χ1) is 8.70. The second-order valence-electron chi connectivity index (χ2n) is 4.47. The van der Waals surface area contributed by atoms with Crippen LogP contribution in [0.4, 0.5) is 0 Å². The first-order valence-electron chi connectivity index (χ1n) is 5.90. The summed E-state index contributed by atoms with van der Waals surface area (Å²) in [5, 5.41) is 3.82. The zero-order chi connectivity index (χ0) is 12.5. The molecule has 0 saturated heterocycles. The lowest BCUT2D eigenvalue weighted by Gasteiger charge is -2.01. The van der Waals surface area contributed by atoms with Crippen molar-refractivity contribution in [3.8, 4) is 0 Å². The number of fused-ring (bicyclic) bond motifs is 1. The van der Waals surface area contributed by atoms with E-state index in [1.807, 2.05) is 28.9 Å². The van der Waals surface area contributed by atoms with E-state index in [-0.39, 0.29) is 0 Å². The minimum absolute atomic E-state index is 0.477. The monoisotopic (exact) mass is 263 g/mol. The number of halogens is 1. The van der Waals surface area contributed by atoms with Crippen molar-refractivity contribution in [2.24, 2.45) is 10.7 Å².